The molecule has 2 amide bonds. The molecule has 0 fully saturated rings. The van der Waals surface area contributed by atoms with Crippen LogP contribution in [0.2, 0.25) is 5.02 Å². The zero-order chi connectivity index (χ0) is 23.9. The second kappa shape index (κ2) is 8.52. The molecule has 4 rings (SSSR count). The van der Waals surface area contributed by atoms with E-state index >= 15 is 0 Å². The van der Waals surface area contributed by atoms with E-state index in [0.717, 1.165) is 21.6 Å². The first-order valence-electron chi connectivity index (χ1n) is 10.2. The van der Waals surface area contributed by atoms with Crippen LogP contribution >= 0.6 is 11.6 Å². The first-order chi connectivity index (χ1) is 15.7. The molecule has 0 atom stereocenters. The van der Waals surface area contributed by atoms with Gasteiger partial charge in [-0.3, -0.25) is 19.7 Å². The highest BCUT2D eigenvalue weighted by Crippen LogP contribution is 2.36. The van der Waals surface area contributed by atoms with Gasteiger partial charge in [0.15, 0.2) is 0 Å². The summed E-state index contributed by atoms with van der Waals surface area (Å²) in [7, 11) is 0. The number of nitrogens with one attached hydrogen (secondary N) is 1. The van der Waals surface area contributed by atoms with E-state index in [2.05, 4.69) is 5.32 Å². The number of hydrogen-bond donors (Lipinski definition) is 1. The molecule has 3 aromatic carbocycles. The van der Waals surface area contributed by atoms with Crippen LogP contribution in [0.15, 0.2) is 66.4 Å². The van der Waals surface area contributed by atoms with Gasteiger partial charge in [-0.2, -0.15) is 0 Å². The Hall–Kier alpha value is -3.97. The van der Waals surface area contributed by atoms with Gasteiger partial charge in [0.2, 0.25) is 0 Å². The van der Waals surface area contributed by atoms with Gasteiger partial charge < -0.3 is 5.32 Å². The Morgan fingerprint density at radius 1 is 0.879 bits per heavy atom. The van der Waals surface area contributed by atoms with E-state index < -0.39 is 16.7 Å². The van der Waals surface area contributed by atoms with E-state index in [1.54, 1.807) is 24.3 Å². The molecular formula is C25H20ClN3O4. The number of halogens is 1. The van der Waals surface area contributed by atoms with Crippen LogP contribution in [0, 0.1) is 30.9 Å². The van der Waals surface area contributed by atoms with Crippen LogP contribution in [0.3, 0.4) is 0 Å². The number of benzene rings is 3. The highest BCUT2D eigenvalue weighted by molar-refractivity contribution is 6.46. The van der Waals surface area contributed by atoms with Crippen LogP contribution < -0.4 is 10.2 Å². The van der Waals surface area contributed by atoms with Crippen molar-refractivity contribution in [3.8, 4) is 0 Å². The van der Waals surface area contributed by atoms with Gasteiger partial charge in [0, 0.05) is 22.8 Å². The Morgan fingerprint density at radius 3 is 2.18 bits per heavy atom. The number of carbonyl (C=O) groups excluding carboxylic acids is 2. The van der Waals surface area contributed by atoms with Gasteiger partial charge in [0.25, 0.3) is 17.5 Å². The number of rotatable bonds is 5. The molecule has 0 aromatic heterocycles. The van der Waals surface area contributed by atoms with Gasteiger partial charge in [0.1, 0.15) is 5.70 Å². The Morgan fingerprint density at radius 2 is 1.58 bits per heavy atom. The summed E-state index contributed by atoms with van der Waals surface area (Å²) in [6, 6.07) is 16.2. The van der Waals surface area contributed by atoms with Gasteiger partial charge in [-0.05, 0) is 73.9 Å². The number of carbonyl (C=O) groups is 2. The van der Waals surface area contributed by atoms with Gasteiger partial charge in [0.05, 0.1) is 16.2 Å². The zero-order valence-corrected chi connectivity index (χ0v) is 18.9. The van der Waals surface area contributed by atoms with Crippen LogP contribution in [0.5, 0.6) is 0 Å². The van der Waals surface area contributed by atoms with Gasteiger partial charge in [-0.25, -0.2) is 4.90 Å². The van der Waals surface area contributed by atoms with E-state index in [1.807, 2.05) is 32.9 Å². The first kappa shape index (κ1) is 22.2. The molecule has 0 radical (unpaired) electrons. The fourth-order valence-corrected chi connectivity index (χ4v) is 4.07. The fourth-order valence-electron chi connectivity index (χ4n) is 3.84. The van der Waals surface area contributed by atoms with Gasteiger partial charge in [-0.1, -0.05) is 29.3 Å². The number of nitrogens with zero attached hydrogens (tertiary/aromatic N) is 2. The predicted molar refractivity (Wildman–Crippen MR) is 128 cm³/mol. The monoisotopic (exact) mass is 461 g/mol. The molecule has 0 saturated carbocycles. The third-order valence-corrected chi connectivity index (χ3v) is 5.73. The van der Waals surface area contributed by atoms with E-state index in [9.17, 15) is 19.7 Å². The number of nitro groups is 1. The molecule has 0 unspecified atom stereocenters. The van der Waals surface area contributed by atoms with Crippen molar-refractivity contribution in [3.05, 3.63) is 104 Å². The summed E-state index contributed by atoms with van der Waals surface area (Å²) in [5.74, 6) is -1.01. The number of nitro benzene ring substituents is 1. The maximum atomic E-state index is 13.6. The Labute approximate surface area is 195 Å². The minimum absolute atomic E-state index is 0.0965. The number of non-ortho nitro benzene ring substituents is 1. The minimum atomic E-state index is -0.516. The van der Waals surface area contributed by atoms with E-state index in [1.165, 1.54) is 24.3 Å². The maximum absolute atomic E-state index is 13.6. The quantitative estimate of drug-likeness (QED) is 0.304. The SMILES string of the molecule is Cc1ccc(N2C(=O)C(Nc3ccc(Cl)cc3C)=C(c3ccc([N+](=O)[O-])cc3)C2=O)c(C)c1. The number of aryl methyl sites for hydroxylation is 3. The number of imide groups is 1. The molecule has 1 aliphatic rings. The fraction of sp³-hybridized carbons (Fsp3) is 0.120. The van der Waals surface area contributed by atoms with Crippen LogP contribution in [-0.2, 0) is 9.59 Å². The number of hydrogen-bond acceptors (Lipinski definition) is 5. The largest absolute Gasteiger partial charge is 0.350 e. The van der Waals surface area contributed by atoms with Gasteiger partial charge in [-0.15, -0.1) is 0 Å². The highest BCUT2D eigenvalue weighted by Gasteiger charge is 2.41. The van der Waals surface area contributed by atoms with Crippen LogP contribution in [0.25, 0.3) is 5.57 Å². The van der Waals surface area contributed by atoms with Crippen molar-refractivity contribution in [2.75, 3.05) is 10.2 Å². The Kier molecular flexibility index (Phi) is 5.74. The first-order valence-corrected chi connectivity index (χ1v) is 10.5. The van der Waals surface area contributed by atoms with Crippen LogP contribution in [0.1, 0.15) is 22.3 Å². The smallest absolute Gasteiger partial charge is 0.282 e. The molecule has 0 spiro atoms. The number of amides is 2. The Balaban J connectivity index is 1.85. The van der Waals surface area contributed by atoms with Crippen LogP contribution in [0.4, 0.5) is 17.1 Å². The van der Waals surface area contributed by atoms with Crippen molar-refractivity contribution in [2.24, 2.45) is 0 Å². The summed E-state index contributed by atoms with van der Waals surface area (Å²) in [5, 5.41) is 14.7. The molecule has 0 aliphatic carbocycles. The lowest BCUT2D eigenvalue weighted by Crippen LogP contribution is -2.33. The van der Waals surface area contributed by atoms with Crippen molar-refractivity contribution in [3.63, 3.8) is 0 Å². The molecule has 0 saturated heterocycles. The van der Waals surface area contributed by atoms with Crippen molar-refractivity contribution in [1.29, 1.82) is 0 Å². The topological polar surface area (TPSA) is 92.6 Å². The molecular weight excluding hydrogens is 442 g/mol. The summed E-state index contributed by atoms with van der Waals surface area (Å²) in [6.45, 7) is 5.61. The van der Waals surface area contributed by atoms with E-state index in [4.69, 9.17) is 11.6 Å². The minimum Gasteiger partial charge on any atom is -0.350 e. The second-order valence-electron chi connectivity index (χ2n) is 7.87. The molecule has 0 bridgehead atoms. The summed E-state index contributed by atoms with van der Waals surface area (Å²) in [6.07, 6.45) is 0. The molecule has 7 nitrogen and oxygen atoms in total. The molecule has 8 heteroatoms. The summed E-state index contributed by atoms with van der Waals surface area (Å²) >= 11 is 6.06. The second-order valence-corrected chi connectivity index (χ2v) is 8.31. The average molecular weight is 462 g/mol. The van der Waals surface area contributed by atoms with E-state index in [0.29, 0.717) is 22.0 Å². The third kappa shape index (κ3) is 4.10. The van der Waals surface area contributed by atoms with E-state index in [-0.39, 0.29) is 17.0 Å². The van der Waals surface area contributed by atoms with Crippen molar-refractivity contribution in [1.82, 2.24) is 0 Å². The van der Waals surface area contributed by atoms with Crippen molar-refractivity contribution >= 4 is 46.1 Å². The van der Waals surface area contributed by atoms with Crippen LogP contribution in [-0.4, -0.2) is 16.7 Å². The summed E-state index contributed by atoms with van der Waals surface area (Å²) in [5.41, 5.74) is 4.23. The lowest BCUT2D eigenvalue weighted by molar-refractivity contribution is -0.384. The normalized spacial score (nSPS) is 13.6. The number of anilines is 2. The molecule has 166 valence electrons. The van der Waals surface area contributed by atoms with Gasteiger partial charge >= 0.3 is 0 Å². The average Bonchev–Trinajstić information content (AvgIpc) is 3.00. The van der Waals surface area contributed by atoms with Crippen molar-refractivity contribution in [2.45, 2.75) is 20.8 Å². The third-order valence-electron chi connectivity index (χ3n) is 5.49. The highest BCUT2D eigenvalue weighted by atomic mass is 35.5. The zero-order valence-electron chi connectivity index (χ0n) is 18.2. The standard InChI is InChI=1S/C25H20ClN3O4/c1-14-4-11-21(16(3)12-14)28-24(30)22(17-5-8-19(9-6-17)29(32)33)23(25(28)31)27-20-10-7-18(26)13-15(20)2/h4-13,27H,1-3H3. The molecule has 3 aromatic rings. The predicted octanol–water partition coefficient (Wildman–Crippen LogP) is 5.57. The summed E-state index contributed by atoms with van der Waals surface area (Å²) < 4.78 is 0. The molecule has 1 N–H and O–H groups in total. The lowest BCUT2D eigenvalue weighted by Gasteiger charge is -2.18. The lowest BCUT2D eigenvalue weighted by atomic mass is 10.0. The molecule has 1 heterocycles. The molecule has 1 aliphatic heterocycles. The summed E-state index contributed by atoms with van der Waals surface area (Å²) in [4.78, 5) is 38.8. The molecule has 33 heavy (non-hydrogen) atoms. The van der Waals surface area contributed by atoms with Crippen molar-refractivity contribution < 1.29 is 14.5 Å². The Bertz CT molecular complexity index is 1350. The maximum Gasteiger partial charge on any atom is 0.282 e.